The van der Waals surface area contributed by atoms with Crippen molar-refractivity contribution in [3.8, 4) is 11.5 Å². The summed E-state index contributed by atoms with van der Waals surface area (Å²) in [4.78, 5) is 80.6. The number of phenols is 2. The summed E-state index contributed by atoms with van der Waals surface area (Å²) >= 11 is 0. The van der Waals surface area contributed by atoms with Crippen molar-refractivity contribution in [2.45, 2.75) is 6.92 Å². The van der Waals surface area contributed by atoms with Gasteiger partial charge in [-0.3, -0.25) is 19.7 Å². The number of phenolic OH excluding ortho intramolecular Hbond substituents is 2. The van der Waals surface area contributed by atoms with Crippen molar-refractivity contribution < 1.29 is 53.5 Å². The monoisotopic (exact) mass is 575 g/mol. The zero-order valence-corrected chi connectivity index (χ0v) is 21.5. The highest BCUT2D eigenvalue weighted by molar-refractivity contribution is 5.98. The minimum atomic E-state index is -0.748. The molecule has 0 bridgehead atoms. The SMILES string of the molecule is CCN.CNC(=O)c1cccc(N)c1O.CNC(=O)c1cccc([N+](=O)[O-])c1O.Cl.O=C=O.O=C=O.O=C=O. The molecule has 18 heteroatoms. The molecule has 0 heterocycles. The van der Waals surface area contributed by atoms with Gasteiger partial charge in [-0.25, -0.2) is 0 Å². The molecule has 0 aromatic heterocycles. The van der Waals surface area contributed by atoms with E-state index in [1.165, 1.54) is 38.4 Å². The Hall–Kier alpha value is -5.43. The van der Waals surface area contributed by atoms with Gasteiger partial charge in [0.15, 0.2) is 5.75 Å². The normalized spacial score (nSPS) is 7.38. The molecule has 0 aliphatic rings. The van der Waals surface area contributed by atoms with Crippen molar-refractivity contribution in [1.29, 1.82) is 0 Å². The van der Waals surface area contributed by atoms with Crippen LogP contribution in [0.2, 0.25) is 0 Å². The Morgan fingerprint density at radius 3 is 1.46 bits per heavy atom. The predicted molar refractivity (Wildman–Crippen MR) is 131 cm³/mol. The quantitative estimate of drug-likeness (QED) is 0.118. The highest BCUT2D eigenvalue weighted by Crippen LogP contribution is 2.28. The van der Waals surface area contributed by atoms with Gasteiger partial charge in [-0.1, -0.05) is 19.1 Å². The van der Waals surface area contributed by atoms with Crippen LogP contribution >= 0.6 is 12.4 Å². The average Bonchev–Trinajstić information content (AvgIpc) is 2.87. The van der Waals surface area contributed by atoms with Crippen LogP contribution in [-0.2, 0) is 28.8 Å². The van der Waals surface area contributed by atoms with Gasteiger partial charge in [0.1, 0.15) is 0 Å². The lowest BCUT2D eigenvalue weighted by Gasteiger charge is -2.04. The zero-order chi connectivity index (χ0) is 30.7. The standard InChI is InChI=1S/C8H8N2O4.C8H10N2O2.C2H7N.3CO2.ClH/c1-9-8(12)5-3-2-4-6(7(5)11)10(13)14;1-10-8(12)5-3-2-4-6(9)7(5)11;1-2-3;3*2-1-3;/h2-4,11H,1H3,(H,9,12);2-4,11H,9H2,1H3,(H,10,12);2-3H2,1H3;;;;1H. The molecular formula is C21H26ClN5O12. The molecule has 2 rings (SSSR count). The molecule has 0 spiro atoms. The number of aromatic hydroxyl groups is 2. The number of rotatable bonds is 3. The van der Waals surface area contributed by atoms with Gasteiger partial charge >= 0.3 is 24.1 Å². The summed E-state index contributed by atoms with van der Waals surface area (Å²) in [7, 11) is 2.87. The molecule has 2 aromatic rings. The number of nitrogens with zero attached hydrogens (tertiary/aromatic N) is 1. The van der Waals surface area contributed by atoms with Crippen LogP contribution in [0.3, 0.4) is 0 Å². The third-order valence-electron chi connectivity index (χ3n) is 3.22. The van der Waals surface area contributed by atoms with Crippen LogP contribution in [0, 0.1) is 10.1 Å². The van der Waals surface area contributed by atoms with Gasteiger partial charge in [-0.15, -0.1) is 12.4 Å². The first-order valence-electron chi connectivity index (χ1n) is 9.56. The van der Waals surface area contributed by atoms with Crippen LogP contribution < -0.4 is 22.1 Å². The molecular weight excluding hydrogens is 550 g/mol. The van der Waals surface area contributed by atoms with Crippen LogP contribution in [0.5, 0.6) is 11.5 Å². The fourth-order valence-corrected chi connectivity index (χ4v) is 1.88. The van der Waals surface area contributed by atoms with Crippen molar-refractivity contribution >= 4 is 54.1 Å². The summed E-state index contributed by atoms with van der Waals surface area (Å²) in [6, 6.07) is 8.41. The number of halogens is 1. The van der Waals surface area contributed by atoms with Gasteiger partial charge in [0.25, 0.3) is 11.8 Å². The van der Waals surface area contributed by atoms with E-state index in [1.807, 2.05) is 6.92 Å². The number of nitrogens with two attached hydrogens (primary N) is 2. The first-order chi connectivity index (χ1) is 17.9. The highest BCUT2D eigenvalue weighted by atomic mass is 35.5. The number of nitro groups is 1. The van der Waals surface area contributed by atoms with Gasteiger partial charge in [0.05, 0.1) is 21.7 Å². The van der Waals surface area contributed by atoms with Crippen molar-refractivity contribution in [3.05, 3.63) is 57.6 Å². The van der Waals surface area contributed by atoms with Crippen LogP contribution in [0.15, 0.2) is 36.4 Å². The van der Waals surface area contributed by atoms with E-state index in [2.05, 4.69) is 10.6 Å². The number of benzene rings is 2. The molecule has 39 heavy (non-hydrogen) atoms. The molecule has 0 atom stereocenters. The van der Waals surface area contributed by atoms with E-state index in [0.29, 0.717) is 0 Å². The minimum Gasteiger partial charge on any atom is -0.505 e. The fraction of sp³-hybridized carbons (Fsp3) is 0.190. The Labute approximate surface area is 226 Å². The Morgan fingerprint density at radius 1 is 0.846 bits per heavy atom. The van der Waals surface area contributed by atoms with Crippen LogP contribution in [-0.4, -0.2) is 66.0 Å². The topological polar surface area (TPSA) is 296 Å². The van der Waals surface area contributed by atoms with Crippen molar-refractivity contribution in [1.82, 2.24) is 10.6 Å². The molecule has 0 saturated heterocycles. The second-order valence-corrected chi connectivity index (χ2v) is 5.49. The summed E-state index contributed by atoms with van der Waals surface area (Å²) in [5, 5.41) is 33.7. The van der Waals surface area contributed by atoms with Crippen molar-refractivity contribution in [2.75, 3.05) is 26.4 Å². The van der Waals surface area contributed by atoms with Gasteiger partial charge in [0.2, 0.25) is 5.75 Å². The number of nitro benzene ring substituents is 1. The lowest BCUT2D eigenvalue weighted by Crippen LogP contribution is -2.18. The molecule has 2 aromatic carbocycles. The van der Waals surface area contributed by atoms with E-state index in [-0.39, 0.29) is 59.3 Å². The maximum Gasteiger partial charge on any atom is 0.373 e. The molecule has 0 saturated carbocycles. The molecule has 214 valence electrons. The van der Waals surface area contributed by atoms with Gasteiger partial charge in [0, 0.05) is 20.2 Å². The van der Waals surface area contributed by atoms with Crippen LogP contribution in [0.1, 0.15) is 27.6 Å². The maximum absolute atomic E-state index is 11.1. The van der Waals surface area contributed by atoms with Gasteiger partial charge < -0.3 is 32.3 Å². The smallest absolute Gasteiger partial charge is 0.373 e. The minimum absolute atomic E-state index is 0. The van der Waals surface area contributed by atoms with E-state index in [1.54, 1.807) is 6.07 Å². The molecule has 0 aliphatic carbocycles. The summed E-state index contributed by atoms with van der Waals surface area (Å²) < 4.78 is 0. The van der Waals surface area contributed by atoms with Crippen molar-refractivity contribution in [3.63, 3.8) is 0 Å². The maximum atomic E-state index is 11.1. The van der Waals surface area contributed by atoms with Crippen molar-refractivity contribution in [2.24, 2.45) is 5.73 Å². The predicted octanol–water partition coefficient (Wildman–Crippen LogP) is -0.370. The number of carbonyl (C=O) groups excluding carboxylic acids is 8. The molecule has 0 unspecified atom stereocenters. The number of para-hydroxylation sites is 2. The Balaban J connectivity index is -0.000000139. The molecule has 0 fully saturated rings. The Morgan fingerprint density at radius 2 is 1.15 bits per heavy atom. The van der Waals surface area contributed by atoms with E-state index >= 15 is 0 Å². The summed E-state index contributed by atoms with van der Waals surface area (Å²) in [5.41, 5.74) is 10.0. The van der Waals surface area contributed by atoms with Crippen LogP contribution in [0.4, 0.5) is 11.4 Å². The average molecular weight is 576 g/mol. The number of nitrogen functional groups attached to an aromatic ring is 1. The summed E-state index contributed by atoms with van der Waals surface area (Å²) in [6.45, 7) is 2.65. The first-order valence-corrected chi connectivity index (χ1v) is 9.56. The Kier molecular flexibility index (Phi) is 32.2. The molecule has 2 amide bonds. The number of nitrogens with one attached hydrogen (secondary N) is 2. The van der Waals surface area contributed by atoms with E-state index < -0.39 is 22.3 Å². The largest absolute Gasteiger partial charge is 0.505 e. The number of amides is 2. The van der Waals surface area contributed by atoms with Gasteiger partial charge in [-0.2, -0.15) is 28.8 Å². The second kappa shape index (κ2) is 28.8. The number of hydrogen-bond donors (Lipinski definition) is 6. The van der Waals surface area contributed by atoms with Crippen LogP contribution in [0.25, 0.3) is 0 Å². The summed E-state index contributed by atoms with van der Waals surface area (Å²) in [5.74, 6) is -1.69. The highest BCUT2D eigenvalue weighted by Gasteiger charge is 2.19. The van der Waals surface area contributed by atoms with E-state index in [9.17, 15) is 29.9 Å². The second-order valence-electron chi connectivity index (χ2n) is 5.49. The lowest BCUT2D eigenvalue weighted by molar-refractivity contribution is -0.385. The molecule has 8 N–H and O–H groups in total. The number of carbonyl (C=O) groups is 2. The fourth-order valence-electron chi connectivity index (χ4n) is 1.88. The Bertz CT molecular complexity index is 1100. The lowest BCUT2D eigenvalue weighted by atomic mass is 10.1. The third-order valence-corrected chi connectivity index (χ3v) is 3.22. The molecule has 0 aliphatic heterocycles. The first kappa shape index (κ1) is 43.6. The number of hydrogen-bond acceptors (Lipinski definition) is 14. The van der Waals surface area contributed by atoms with E-state index in [0.717, 1.165) is 12.6 Å². The summed E-state index contributed by atoms with van der Waals surface area (Å²) in [6.07, 6.45) is 0.750. The zero-order valence-electron chi connectivity index (χ0n) is 20.7. The van der Waals surface area contributed by atoms with E-state index in [4.69, 9.17) is 40.2 Å². The molecule has 0 radical (unpaired) electrons. The number of anilines is 1. The van der Waals surface area contributed by atoms with Gasteiger partial charge in [-0.05, 0) is 24.7 Å². The third kappa shape index (κ3) is 20.5. The molecule has 17 nitrogen and oxygen atoms in total.